The average Bonchev–Trinajstić information content (AvgIpc) is 3.32. The van der Waals surface area contributed by atoms with E-state index in [2.05, 4.69) is 0 Å². The van der Waals surface area contributed by atoms with Crippen molar-refractivity contribution in [3.05, 3.63) is 53.6 Å². The lowest BCUT2D eigenvalue weighted by Crippen LogP contribution is -2.42. The fraction of sp³-hybridized carbons (Fsp3) is 0.333. The van der Waals surface area contributed by atoms with Crippen LogP contribution < -0.4 is 9.47 Å². The molecule has 3 aliphatic rings. The quantitative estimate of drug-likeness (QED) is 0.742. The maximum Gasteiger partial charge on any atom is 0.269 e. The summed E-state index contributed by atoms with van der Waals surface area (Å²) in [6.45, 7) is 0.976. The number of amides is 2. The third kappa shape index (κ3) is 2.92. The minimum Gasteiger partial charge on any atom is -0.486 e. The summed E-state index contributed by atoms with van der Waals surface area (Å²) in [6.07, 6.45) is 1.55. The van der Waals surface area contributed by atoms with E-state index in [0.717, 1.165) is 18.4 Å². The molecule has 3 heterocycles. The van der Waals surface area contributed by atoms with Crippen LogP contribution in [0.5, 0.6) is 11.5 Å². The molecule has 0 saturated carbocycles. The van der Waals surface area contributed by atoms with Crippen molar-refractivity contribution in [2.24, 2.45) is 0 Å². The van der Waals surface area contributed by atoms with Gasteiger partial charge in [-0.05, 0) is 42.7 Å². The summed E-state index contributed by atoms with van der Waals surface area (Å²) < 4.78 is 37.4. The van der Waals surface area contributed by atoms with Gasteiger partial charge >= 0.3 is 0 Å². The Labute approximate surface area is 174 Å². The number of benzene rings is 2. The predicted molar refractivity (Wildman–Crippen MR) is 106 cm³/mol. The first-order chi connectivity index (χ1) is 14.5. The first-order valence-electron chi connectivity index (χ1n) is 9.82. The minimum absolute atomic E-state index is 0.0485. The van der Waals surface area contributed by atoms with Crippen molar-refractivity contribution in [2.45, 2.75) is 23.8 Å². The van der Waals surface area contributed by atoms with Gasteiger partial charge in [0.1, 0.15) is 24.7 Å². The Morgan fingerprint density at radius 3 is 2.63 bits per heavy atom. The van der Waals surface area contributed by atoms with Crippen LogP contribution in [0, 0.1) is 0 Å². The van der Waals surface area contributed by atoms with Crippen molar-refractivity contribution < 1.29 is 27.5 Å². The van der Waals surface area contributed by atoms with Crippen molar-refractivity contribution in [3.63, 3.8) is 0 Å². The zero-order chi connectivity index (χ0) is 20.9. The summed E-state index contributed by atoms with van der Waals surface area (Å²) in [7, 11) is -4.01. The van der Waals surface area contributed by atoms with Gasteiger partial charge in [0.2, 0.25) is 5.91 Å². The van der Waals surface area contributed by atoms with E-state index in [-0.39, 0.29) is 16.5 Å². The molecule has 0 bridgehead atoms. The number of likely N-dealkylation sites (tertiary alicyclic amines) is 1. The van der Waals surface area contributed by atoms with Gasteiger partial charge in [0.25, 0.3) is 15.9 Å². The molecule has 0 spiro atoms. The van der Waals surface area contributed by atoms with Crippen molar-refractivity contribution in [1.82, 2.24) is 9.21 Å². The minimum atomic E-state index is -4.01. The van der Waals surface area contributed by atoms with Crippen molar-refractivity contribution in [3.8, 4) is 11.5 Å². The van der Waals surface area contributed by atoms with Gasteiger partial charge in [-0.1, -0.05) is 18.2 Å². The second kappa shape index (κ2) is 7.02. The number of sulfonamides is 1. The Morgan fingerprint density at radius 2 is 1.83 bits per heavy atom. The molecule has 30 heavy (non-hydrogen) atoms. The summed E-state index contributed by atoms with van der Waals surface area (Å²) in [4.78, 5) is 27.3. The van der Waals surface area contributed by atoms with E-state index in [0.29, 0.717) is 35.6 Å². The van der Waals surface area contributed by atoms with E-state index in [1.807, 2.05) is 18.2 Å². The van der Waals surface area contributed by atoms with Crippen LogP contribution in [0.1, 0.15) is 34.8 Å². The number of carbonyl (C=O) groups is 2. The van der Waals surface area contributed by atoms with E-state index >= 15 is 0 Å². The van der Waals surface area contributed by atoms with E-state index in [1.54, 1.807) is 17.0 Å². The highest BCUT2D eigenvalue weighted by Gasteiger charge is 2.43. The summed E-state index contributed by atoms with van der Waals surface area (Å²) in [5.41, 5.74) is 1.01. The van der Waals surface area contributed by atoms with Crippen LogP contribution in [0.3, 0.4) is 0 Å². The molecule has 2 amide bonds. The second-order valence-corrected chi connectivity index (χ2v) is 9.29. The van der Waals surface area contributed by atoms with E-state index in [9.17, 15) is 18.0 Å². The number of fused-ring (bicyclic) bond motifs is 2. The lowest BCUT2D eigenvalue weighted by atomic mass is 10.0. The van der Waals surface area contributed by atoms with E-state index in [4.69, 9.17) is 9.47 Å². The average molecular weight is 428 g/mol. The third-order valence-electron chi connectivity index (χ3n) is 5.72. The number of rotatable bonds is 3. The standard InChI is InChI=1S/C21H20N2O6S/c24-20(13-23-21(25)15-4-1-2-6-19(15)30(23,26)27)22-9-3-5-16(22)14-7-8-17-18(12-14)29-11-10-28-17/h1-2,4,6-8,12,16H,3,5,9-11,13H2. The van der Waals surface area contributed by atoms with Gasteiger partial charge in [-0.15, -0.1) is 0 Å². The number of nitrogens with zero attached hydrogens (tertiary/aromatic N) is 2. The molecule has 1 saturated heterocycles. The normalized spacial score (nSPS) is 21.6. The Bertz CT molecular complexity index is 1150. The molecule has 0 radical (unpaired) electrons. The van der Waals surface area contributed by atoms with Gasteiger partial charge in [0, 0.05) is 6.54 Å². The largest absolute Gasteiger partial charge is 0.486 e. The molecule has 0 aliphatic carbocycles. The maximum atomic E-state index is 13.1. The molecular formula is C21H20N2O6S. The van der Waals surface area contributed by atoms with Crippen LogP contribution in [-0.2, 0) is 14.8 Å². The summed E-state index contributed by atoms with van der Waals surface area (Å²) in [5.74, 6) is 0.268. The molecule has 1 unspecified atom stereocenters. The molecule has 8 nitrogen and oxygen atoms in total. The van der Waals surface area contributed by atoms with Gasteiger partial charge in [-0.2, -0.15) is 0 Å². The van der Waals surface area contributed by atoms with E-state index in [1.165, 1.54) is 12.1 Å². The summed E-state index contributed by atoms with van der Waals surface area (Å²) >= 11 is 0. The molecule has 156 valence electrons. The molecule has 2 aromatic carbocycles. The first kappa shape index (κ1) is 18.9. The van der Waals surface area contributed by atoms with Gasteiger partial charge < -0.3 is 14.4 Å². The van der Waals surface area contributed by atoms with Crippen molar-refractivity contribution in [2.75, 3.05) is 26.3 Å². The fourth-order valence-electron chi connectivity index (χ4n) is 4.28. The third-order valence-corrected chi connectivity index (χ3v) is 7.50. The van der Waals surface area contributed by atoms with E-state index < -0.39 is 28.4 Å². The molecule has 1 fully saturated rings. The van der Waals surface area contributed by atoms with Crippen LogP contribution in [0.15, 0.2) is 47.4 Å². The molecule has 2 aromatic rings. The Hall–Kier alpha value is -3.07. The lowest BCUT2D eigenvalue weighted by molar-refractivity contribution is -0.132. The topological polar surface area (TPSA) is 93.2 Å². The Morgan fingerprint density at radius 1 is 1.07 bits per heavy atom. The van der Waals surface area contributed by atoms with Gasteiger partial charge in [-0.25, -0.2) is 12.7 Å². The summed E-state index contributed by atoms with van der Waals surface area (Å²) in [6, 6.07) is 11.4. The molecule has 9 heteroatoms. The number of ether oxygens (including phenoxy) is 2. The van der Waals surface area contributed by atoms with Crippen LogP contribution in [0.2, 0.25) is 0 Å². The number of carbonyl (C=O) groups excluding carboxylic acids is 2. The number of hydrogen-bond acceptors (Lipinski definition) is 6. The Kier molecular flexibility index (Phi) is 4.43. The highest BCUT2D eigenvalue weighted by atomic mass is 32.2. The second-order valence-electron chi connectivity index (χ2n) is 7.46. The zero-order valence-electron chi connectivity index (χ0n) is 16.1. The lowest BCUT2D eigenvalue weighted by Gasteiger charge is -2.28. The van der Waals surface area contributed by atoms with Crippen LogP contribution in [0.25, 0.3) is 0 Å². The highest BCUT2D eigenvalue weighted by molar-refractivity contribution is 7.90. The SMILES string of the molecule is O=C(CN1C(=O)c2ccccc2S1(=O)=O)N1CCCC1c1ccc2c(c1)OCCO2. The maximum absolute atomic E-state index is 13.1. The molecule has 0 N–H and O–H groups in total. The molecule has 1 atom stereocenters. The van der Waals surface area contributed by atoms with Crippen molar-refractivity contribution in [1.29, 1.82) is 0 Å². The highest BCUT2D eigenvalue weighted by Crippen LogP contribution is 2.38. The van der Waals surface area contributed by atoms with Crippen LogP contribution in [0.4, 0.5) is 0 Å². The molecule has 5 rings (SSSR count). The first-order valence-corrected chi connectivity index (χ1v) is 11.3. The van der Waals surface area contributed by atoms with Gasteiger partial charge in [0.05, 0.1) is 11.6 Å². The summed E-state index contributed by atoms with van der Waals surface area (Å²) in [5, 5.41) is 0. The predicted octanol–water partition coefficient (Wildman–Crippen LogP) is 1.97. The van der Waals surface area contributed by atoms with Gasteiger partial charge in [-0.3, -0.25) is 9.59 Å². The van der Waals surface area contributed by atoms with Crippen LogP contribution >= 0.6 is 0 Å². The molecule has 0 aromatic heterocycles. The van der Waals surface area contributed by atoms with Crippen molar-refractivity contribution >= 4 is 21.8 Å². The smallest absolute Gasteiger partial charge is 0.269 e. The molecule has 3 aliphatic heterocycles. The fourth-order valence-corrected chi connectivity index (χ4v) is 5.80. The zero-order valence-corrected chi connectivity index (χ0v) is 16.9. The number of hydrogen-bond donors (Lipinski definition) is 0. The van der Waals surface area contributed by atoms with Crippen LogP contribution in [-0.4, -0.2) is 55.7 Å². The Balaban J connectivity index is 1.38. The monoisotopic (exact) mass is 428 g/mol. The van der Waals surface area contributed by atoms with Gasteiger partial charge in [0.15, 0.2) is 11.5 Å². The molecular weight excluding hydrogens is 408 g/mol.